The van der Waals surface area contributed by atoms with Crippen LogP contribution in [-0.4, -0.2) is 32.6 Å². The maximum atomic E-state index is 11.7. The van der Waals surface area contributed by atoms with E-state index in [1.807, 2.05) is 12.1 Å². The summed E-state index contributed by atoms with van der Waals surface area (Å²) in [7, 11) is -3.12. The zero-order chi connectivity index (χ0) is 13.8. The van der Waals surface area contributed by atoms with Crippen molar-refractivity contribution in [3.05, 3.63) is 24.3 Å². The zero-order valence-electron chi connectivity index (χ0n) is 11.1. The molecule has 0 aromatic heterocycles. The van der Waals surface area contributed by atoms with Crippen LogP contribution in [0.1, 0.15) is 20.8 Å². The van der Waals surface area contributed by atoms with Crippen LogP contribution < -0.4 is 4.90 Å². The summed E-state index contributed by atoms with van der Waals surface area (Å²) in [5.41, 5.74) is 1.00. The van der Waals surface area contributed by atoms with Crippen molar-refractivity contribution in [2.24, 2.45) is 0 Å². The third-order valence-corrected chi connectivity index (χ3v) is 4.78. The summed E-state index contributed by atoms with van der Waals surface area (Å²) in [5, 5.41) is 0. The first kappa shape index (κ1) is 15.3. The first-order valence-electron chi connectivity index (χ1n) is 6.07. The van der Waals surface area contributed by atoms with Gasteiger partial charge in [-0.3, -0.25) is 0 Å². The summed E-state index contributed by atoms with van der Waals surface area (Å²) in [6, 6.07) is 7.34. The van der Waals surface area contributed by atoms with E-state index in [4.69, 9.17) is 11.6 Å². The second-order valence-corrected chi connectivity index (χ2v) is 7.03. The van der Waals surface area contributed by atoms with E-state index in [0.29, 0.717) is 16.8 Å². The summed E-state index contributed by atoms with van der Waals surface area (Å²) in [4.78, 5) is 2.53. The molecular weight excluding hydrogens is 270 g/mol. The molecule has 0 N–H and O–H groups in total. The Morgan fingerprint density at radius 3 is 2.17 bits per heavy atom. The van der Waals surface area contributed by atoms with Crippen LogP contribution in [0.2, 0.25) is 0 Å². The van der Waals surface area contributed by atoms with Crippen molar-refractivity contribution in [1.29, 1.82) is 0 Å². The second kappa shape index (κ2) is 6.43. The van der Waals surface area contributed by atoms with Gasteiger partial charge in [0, 0.05) is 24.2 Å². The molecule has 1 aromatic carbocycles. The van der Waals surface area contributed by atoms with Gasteiger partial charge in [-0.25, -0.2) is 8.42 Å². The van der Waals surface area contributed by atoms with Gasteiger partial charge in [-0.1, -0.05) is 6.92 Å². The number of hydrogen-bond donors (Lipinski definition) is 0. The third kappa shape index (κ3) is 3.62. The largest absolute Gasteiger partial charge is 0.368 e. The number of sulfone groups is 1. The molecule has 3 nitrogen and oxygen atoms in total. The standard InChI is InChI=1S/C13H20ClNO2S/c1-4-18(16,17)13-7-5-12(6-8-13)15(10-9-14)11(2)3/h5-8,11H,4,9-10H2,1-3H3. The molecule has 0 amide bonds. The van der Waals surface area contributed by atoms with Crippen LogP contribution in [0, 0.1) is 0 Å². The highest BCUT2D eigenvalue weighted by molar-refractivity contribution is 7.91. The number of nitrogens with zero attached hydrogens (tertiary/aromatic N) is 1. The molecule has 0 radical (unpaired) electrons. The molecule has 0 saturated carbocycles. The Balaban J connectivity index is 3.01. The average molecular weight is 290 g/mol. The molecule has 0 aliphatic rings. The summed E-state index contributed by atoms with van der Waals surface area (Å²) < 4.78 is 23.4. The van der Waals surface area contributed by atoms with Gasteiger partial charge in [-0.15, -0.1) is 11.6 Å². The van der Waals surface area contributed by atoms with Crippen LogP contribution in [0.5, 0.6) is 0 Å². The fraction of sp³-hybridized carbons (Fsp3) is 0.538. The number of benzene rings is 1. The van der Waals surface area contributed by atoms with Gasteiger partial charge in [0.05, 0.1) is 10.6 Å². The molecular formula is C13H20ClNO2S. The predicted octanol–water partition coefficient (Wildman–Crippen LogP) is 2.93. The number of alkyl halides is 1. The summed E-state index contributed by atoms with van der Waals surface area (Å²) in [5.74, 6) is 0.676. The normalized spacial score (nSPS) is 11.8. The summed E-state index contributed by atoms with van der Waals surface area (Å²) in [6.45, 7) is 6.57. The van der Waals surface area contributed by atoms with Gasteiger partial charge in [0.15, 0.2) is 9.84 Å². The van der Waals surface area contributed by atoms with Crippen molar-refractivity contribution in [3.63, 3.8) is 0 Å². The molecule has 0 atom stereocenters. The average Bonchev–Trinajstić information content (AvgIpc) is 2.36. The fourth-order valence-electron chi connectivity index (χ4n) is 1.79. The van der Waals surface area contributed by atoms with E-state index in [0.717, 1.165) is 12.2 Å². The molecule has 0 aliphatic carbocycles. The molecule has 18 heavy (non-hydrogen) atoms. The number of rotatable bonds is 6. The minimum atomic E-state index is -3.12. The van der Waals surface area contributed by atoms with Crippen LogP contribution in [0.25, 0.3) is 0 Å². The lowest BCUT2D eigenvalue weighted by molar-refractivity contribution is 0.597. The minimum Gasteiger partial charge on any atom is -0.368 e. The highest BCUT2D eigenvalue weighted by Gasteiger charge is 2.13. The molecule has 0 heterocycles. The maximum Gasteiger partial charge on any atom is 0.178 e. The molecule has 0 fully saturated rings. The maximum absolute atomic E-state index is 11.7. The van der Waals surface area contributed by atoms with Gasteiger partial charge in [-0.2, -0.15) is 0 Å². The van der Waals surface area contributed by atoms with Crippen LogP contribution in [0.15, 0.2) is 29.2 Å². The molecule has 5 heteroatoms. The molecule has 102 valence electrons. The Labute approximate surface area is 115 Å². The molecule has 0 spiro atoms. The van der Waals surface area contributed by atoms with E-state index in [-0.39, 0.29) is 5.75 Å². The predicted molar refractivity (Wildman–Crippen MR) is 77.4 cm³/mol. The van der Waals surface area contributed by atoms with E-state index in [1.165, 1.54) is 0 Å². The first-order valence-corrected chi connectivity index (χ1v) is 8.26. The Morgan fingerprint density at radius 1 is 1.22 bits per heavy atom. The highest BCUT2D eigenvalue weighted by atomic mass is 35.5. The Kier molecular flexibility index (Phi) is 5.47. The highest BCUT2D eigenvalue weighted by Crippen LogP contribution is 2.20. The smallest absolute Gasteiger partial charge is 0.178 e. The quantitative estimate of drug-likeness (QED) is 0.756. The van der Waals surface area contributed by atoms with Crippen molar-refractivity contribution >= 4 is 27.1 Å². The van der Waals surface area contributed by atoms with Gasteiger partial charge in [0.25, 0.3) is 0 Å². The molecule has 1 aromatic rings. The molecule has 0 saturated heterocycles. The van der Waals surface area contributed by atoms with Crippen LogP contribution in [0.3, 0.4) is 0 Å². The van der Waals surface area contributed by atoms with Crippen LogP contribution in [-0.2, 0) is 9.84 Å². The Morgan fingerprint density at radius 2 is 1.78 bits per heavy atom. The van der Waals surface area contributed by atoms with E-state index in [9.17, 15) is 8.42 Å². The van der Waals surface area contributed by atoms with E-state index < -0.39 is 9.84 Å². The van der Waals surface area contributed by atoms with Crippen molar-refractivity contribution in [2.45, 2.75) is 31.7 Å². The molecule has 0 aliphatic heterocycles. The first-order chi connectivity index (χ1) is 8.42. The van der Waals surface area contributed by atoms with E-state index >= 15 is 0 Å². The molecule has 1 rings (SSSR count). The fourth-order valence-corrected chi connectivity index (χ4v) is 2.85. The number of halogens is 1. The van der Waals surface area contributed by atoms with Crippen molar-refractivity contribution < 1.29 is 8.42 Å². The van der Waals surface area contributed by atoms with Crippen molar-refractivity contribution in [3.8, 4) is 0 Å². The minimum absolute atomic E-state index is 0.127. The summed E-state index contributed by atoms with van der Waals surface area (Å²) >= 11 is 5.78. The van der Waals surface area contributed by atoms with Crippen molar-refractivity contribution in [1.82, 2.24) is 0 Å². The van der Waals surface area contributed by atoms with Gasteiger partial charge in [-0.05, 0) is 38.1 Å². The van der Waals surface area contributed by atoms with Gasteiger partial charge in [0.2, 0.25) is 0 Å². The van der Waals surface area contributed by atoms with Crippen LogP contribution >= 0.6 is 11.6 Å². The SMILES string of the molecule is CCS(=O)(=O)c1ccc(N(CCCl)C(C)C)cc1. The van der Waals surface area contributed by atoms with Crippen molar-refractivity contribution in [2.75, 3.05) is 23.1 Å². The van der Waals surface area contributed by atoms with Gasteiger partial charge < -0.3 is 4.90 Å². The van der Waals surface area contributed by atoms with Crippen LogP contribution in [0.4, 0.5) is 5.69 Å². The van der Waals surface area contributed by atoms with E-state index in [1.54, 1.807) is 19.1 Å². The lowest BCUT2D eigenvalue weighted by Gasteiger charge is -2.28. The second-order valence-electron chi connectivity index (χ2n) is 4.37. The lowest BCUT2D eigenvalue weighted by atomic mass is 10.2. The third-order valence-electron chi connectivity index (χ3n) is 2.86. The monoisotopic (exact) mass is 289 g/mol. The van der Waals surface area contributed by atoms with E-state index in [2.05, 4.69) is 18.7 Å². The topological polar surface area (TPSA) is 37.4 Å². The Hall–Kier alpha value is -0.740. The summed E-state index contributed by atoms with van der Waals surface area (Å²) in [6.07, 6.45) is 0. The molecule has 0 bridgehead atoms. The molecule has 0 unspecified atom stereocenters. The lowest BCUT2D eigenvalue weighted by Crippen LogP contribution is -2.32. The number of hydrogen-bond acceptors (Lipinski definition) is 3. The number of anilines is 1. The Bertz CT molecular complexity index is 468. The van der Waals surface area contributed by atoms with Gasteiger partial charge in [0.1, 0.15) is 0 Å². The zero-order valence-corrected chi connectivity index (χ0v) is 12.6. The van der Waals surface area contributed by atoms with Gasteiger partial charge >= 0.3 is 0 Å².